The topological polar surface area (TPSA) is 38.9 Å². The van der Waals surface area contributed by atoms with Crippen LogP contribution in [0.3, 0.4) is 0 Å². The van der Waals surface area contributed by atoms with Gasteiger partial charge in [0.15, 0.2) is 0 Å². The fourth-order valence-corrected chi connectivity index (χ4v) is 2.78. The average Bonchev–Trinajstić information content (AvgIpc) is 2.42. The van der Waals surface area contributed by atoms with Gasteiger partial charge in [0.1, 0.15) is 0 Å². The zero-order valence-corrected chi connectivity index (χ0v) is 12.7. The summed E-state index contributed by atoms with van der Waals surface area (Å²) in [7, 11) is 0. The highest BCUT2D eigenvalue weighted by molar-refractivity contribution is 5.38. The highest BCUT2D eigenvalue weighted by Gasteiger charge is 2.10. The van der Waals surface area contributed by atoms with Gasteiger partial charge >= 0.3 is 0 Å². The van der Waals surface area contributed by atoms with Crippen molar-refractivity contribution in [1.82, 2.24) is 4.98 Å². The third-order valence-electron chi connectivity index (χ3n) is 3.80. The molecule has 0 amide bonds. The molecular weight excluding hydrogens is 244 g/mol. The maximum absolute atomic E-state index is 6.30. The van der Waals surface area contributed by atoms with E-state index in [4.69, 9.17) is 5.73 Å². The molecule has 0 aliphatic carbocycles. The van der Waals surface area contributed by atoms with Crippen molar-refractivity contribution in [3.05, 3.63) is 64.5 Å². The van der Waals surface area contributed by atoms with Crippen LogP contribution in [-0.4, -0.2) is 11.0 Å². The Kier molecular flexibility index (Phi) is 4.91. The molecule has 2 nitrogen and oxygen atoms in total. The van der Waals surface area contributed by atoms with Crippen molar-refractivity contribution < 1.29 is 0 Å². The second-order valence-corrected chi connectivity index (χ2v) is 5.70. The normalized spacial score (nSPS) is 12.4. The Labute approximate surface area is 122 Å². The molecule has 0 spiro atoms. The minimum Gasteiger partial charge on any atom is -0.327 e. The van der Waals surface area contributed by atoms with Gasteiger partial charge in [-0.2, -0.15) is 0 Å². The van der Waals surface area contributed by atoms with Gasteiger partial charge in [-0.1, -0.05) is 23.8 Å². The van der Waals surface area contributed by atoms with Crippen molar-refractivity contribution in [3.8, 4) is 0 Å². The molecule has 0 fully saturated rings. The first-order valence-corrected chi connectivity index (χ1v) is 7.28. The number of hydrogen-bond donors (Lipinski definition) is 1. The van der Waals surface area contributed by atoms with Gasteiger partial charge in [0.05, 0.1) is 0 Å². The van der Waals surface area contributed by atoms with Gasteiger partial charge in [-0.25, -0.2) is 0 Å². The van der Waals surface area contributed by atoms with Crippen LogP contribution < -0.4 is 5.73 Å². The molecule has 2 rings (SSSR count). The Morgan fingerprint density at radius 3 is 2.40 bits per heavy atom. The average molecular weight is 268 g/mol. The molecule has 106 valence electrons. The first-order valence-electron chi connectivity index (χ1n) is 7.28. The van der Waals surface area contributed by atoms with Gasteiger partial charge in [0, 0.05) is 17.9 Å². The first-order chi connectivity index (χ1) is 9.56. The highest BCUT2D eigenvalue weighted by atomic mass is 14.7. The van der Waals surface area contributed by atoms with E-state index in [1.54, 1.807) is 0 Å². The van der Waals surface area contributed by atoms with Crippen LogP contribution in [0.2, 0.25) is 0 Å². The number of aromatic nitrogens is 1. The van der Waals surface area contributed by atoms with Crippen LogP contribution in [0.4, 0.5) is 0 Å². The van der Waals surface area contributed by atoms with Crippen molar-refractivity contribution in [2.75, 3.05) is 0 Å². The molecule has 0 aliphatic heterocycles. The smallest absolute Gasteiger partial charge is 0.0404 e. The minimum atomic E-state index is 0.192. The summed E-state index contributed by atoms with van der Waals surface area (Å²) in [6, 6.07) is 10.7. The van der Waals surface area contributed by atoms with Crippen molar-refractivity contribution in [3.63, 3.8) is 0 Å². The largest absolute Gasteiger partial charge is 0.327 e. The second-order valence-electron chi connectivity index (χ2n) is 5.70. The summed E-state index contributed by atoms with van der Waals surface area (Å²) in [5, 5.41) is 0. The number of rotatable bonds is 5. The van der Waals surface area contributed by atoms with Gasteiger partial charge in [0.25, 0.3) is 0 Å². The lowest BCUT2D eigenvalue weighted by Gasteiger charge is -2.16. The predicted molar refractivity (Wildman–Crippen MR) is 84.9 cm³/mol. The number of pyridine rings is 1. The van der Waals surface area contributed by atoms with Crippen LogP contribution in [-0.2, 0) is 12.8 Å². The van der Waals surface area contributed by atoms with Gasteiger partial charge in [-0.05, 0) is 68.9 Å². The molecule has 0 aliphatic rings. The standard InChI is InChI=1S/C18H24N2/c1-13-10-14(2)18(15(3)11-13)12-16(19)7-8-17-6-4-5-9-20-17/h4-6,9-11,16H,7-8,12,19H2,1-3H3. The Bertz CT molecular complexity index is 538. The molecule has 0 saturated heterocycles. The lowest BCUT2D eigenvalue weighted by molar-refractivity contribution is 0.602. The highest BCUT2D eigenvalue weighted by Crippen LogP contribution is 2.18. The lowest BCUT2D eigenvalue weighted by atomic mass is 9.93. The summed E-state index contributed by atoms with van der Waals surface area (Å²) in [6.07, 6.45) is 4.72. The zero-order valence-electron chi connectivity index (χ0n) is 12.7. The maximum atomic E-state index is 6.30. The number of nitrogens with two attached hydrogens (primary N) is 1. The fraction of sp³-hybridized carbons (Fsp3) is 0.389. The molecule has 1 heterocycles. The number of aryl methyl sites for hydroxylation is 4. The van der Waals surface area contributed by atoms with Crippen molar-refractivity contribution >= 4 is 0 Å². The first kappa shape index (κ1) is 14.7. The second kappa shape index (κ2) is 6.67. The lowest BCUT2D eigenvalue weighted by Crippen LogP contribution is -2.24. The van der Waals surface area contributed by atoms with E-state index in [1.165, 1.54) is 22.3 Å². The molecule has 1 aromatic carbocycles. The van der Waals surface area contributed by atoms with Gasteiger partial charge in [-0.3, -0.25) is 4.98 Å². The van der Waals surface area contributed by atoms with E-state index >= 15 is 0 Å². The Morgan fingerprint density at radius 2 is 1.80 bits per heavy atom. The predicted octanol–water partition coefficient (Wildman–Crippen LogP) is 3.51. The summed E-state index contributed by atoms with van der Waals surface area (Å²) >= 11 is 0. The molecule has 0 saturated carbocycles. The van der Waals surface area contributed by atoms with E-state index < -0.39 is 0 Å². The van der Waals surface area contributed by atoms with Crippen LogP contribution in [0.25, 0.3) is 0 Å². The van der Waals surface area contributed by atoms with E-state index in [0.717, 1.165) is 25.0 Å². The number of nitrogens with zero attached hydrogens (tertiary/aromatic N) is 1. The third-order valence-corrected chi connectivity index (χ3v) is 3.80. The molecule has 20 heavy (non-hydrogen) atoms. The molecule has 1 unspecified atom stereocenters. The van der Waals surface area contributed by atoms with E-state index in [1.807, 2.05) is 18.3 Å². The van der Waals surface area contributed by atoms with Gasteiger partial charge in [0.2, 0.25) is 0 Å². The molecule has 2 aromatic rings. The quantitative estimate of drug-likeness (QED) is 0.901. The summed E-state index contributed by atoms with van der Waals surface area (Å²) in [6.45, 7) is 6.51. The SMILES string of the molecule is Cc1cc(C)c(CC(N)CCc2ccccn2)c(C)c1. The van der Waals surface area contributed by atoms with Gasteiger partial charge in [-0.15, -0.1) is 0 Å². The van der Waals surface area contributed by atoms with Crippen LogP contribution >= 0.6 is 0 Å². The molecule has 2 N–H and O–H groups in total. The van der Waals surface area contributed by atoms with Crippen LogP contribution in [0.15, 0.2) is 36.5 Å². The van der Waals surface area contributed by atoms with E-state index in [9.17, 15) is 0 Å². The van der Waals surface area contributed by atoms with Crippen LogP contribution in [0.1, 0.15) is 34.4 Å². The van der Waals surface area contributed by atoms with Crippen molar-refractivity contribution in [2.45, 2.75) is 46.1 Å². The minimum absolute atomic E-state index is 0.192. The monoisotopic (exact) mass is 268 g/mol. The summed E-state index contributed by atoms with van der Waals surface area (Å²) < 4.78 is 0. The molecule has 1 aromatic heterocycles. The molecule has 0 bridgehead atoms. The zero-order chi connectivity index (χ0) is 14.5. The van der Waals surface area contributed by atoms with E-state index in [-0.39, 0.29) is 6.04 Å². The molecule has 2 heteroatoms. The number of benzene rings is 1. The van der Waals surface area contributed by atoms with Crippen LogP contribution in [0, 0.1) is 20.8 Å². The summed E-state index contributed by atoms with van der Waals surface area (Å²) in [4.78, 5) is 4.35. The maximum Gasteiger partial charge on any atom is 0.0404 e. The molecule has 0 radical (unpaired) electrons. The Balaban J connectivity index is 1.96. The molecule has 1 atom stereocenters. The van der Waals surface area contributed by atoms with Crippen molar-refractivity contribution in [1.29, 1.82) is 0 Å². The summed E-state index contributed by atoms with van der Waals surface area (Å²) in [5.74, 6) is 0. The Hall–Kier alpha value is -1.67. The molecular formula is C18H24N2. The van der Waals surface area contributed by atoms with E-state index in [2.05, 4.69) is 44.0 Å². The van der Waals surface area contributed by atoms with Gasteiger partial charge < -0.3 is 5.73 Å². The Morgan fingerprint density at radius 1 is 1.10 bits per heavy atom. The fourth-order valence-electron chi connectivity index (χ4n) is 2.78. The van der Waals surface area contributed by atoms with Crippen molar-refractivity contribution in [2.24, 2.45) is 5.73 Å². The third kappa shape index (κ3) is 3.91. The van der Waals surface area contributed by atoms with Crippen LogP contribution in [0.5, 0.6) is 0 Å². The summed E-state index contributed by atoms with van der Waals surface area (Å²) in [5.41, 5.74) is 12.9. The number of hydrogen-bond acceptors (Lipinski definition) is 2. The van der Waals surface area contributed by atoms with E-state index in [0.29, 0.717) is 0 Å².